The average Bonchev–Trinajstić information content (AvgIpc) is 3.43. The van der Waals surface area contributed by atoms with Gasteiger partial charge in [-0.3, -0.25) is 4.18 Å². The van der Waals surface area contributed by atoms with Crippen LogP contribution in [0.15, 0.2) is 41.4 Å². The van der Waals surface area contributed by atoms with E-state index in [1.54, 1.807) is 16.8 Å². The summed E-state index contributed by atoms with van der Waals surface area (Å²) in [7, 11) is -4.13. The first-order valence-electron chi connectivity index (χ1n) is 10.6. The van der Waals surface area contributed by atoms with E-state index in [0.717, 1.165) is 17.7 Å². The van der Waals surface area contributed by atoms with Crippen molar-refractivity contribution in [2.75, 3.05) is 11.9 Å². The molecule has 0 bridgehead atoms. The number of aliphatic hydroxyl groups excluding tert-OH is 2. The number of aliphatic hydroxyl groups is 2. The molecule has 0 amide bonds. The Morgan fingerprint density at radius 3 is 2.91 bits per heavy atom. The van der Waals surface area contributed by atoms with Crippen LogP contribution in [0.25, 0.3) is 16.9 Å². The fraction of sp³-hybridized carbons (Fsp3) is 0.429. The largest absolute Gasteiger partial charge is 0.390 e. The lowest BCUT2D eigenvalue weighted by atomic mass is 10.0. The van der Waals surface area contributed by atoms with Crippen LogP contribution >= 0.6 is 11.8 Å². The fourth-order valence-corrected chi connectivity index (χ4v) is 6.15. The van der Waals surface area contributed by atoms with Crippen molar-refractivity contribution in [2.45, 2.75) is 48.2 Å². The summed E-state index contributed by atoms with van der Waals surface area (Å²) in [4.78, 5) is 5.70. The molecule has 2 aromatic heterocycles. The normalized spacial score (nSPS) is 27.2. The summed E-state index contributed by atoms with van der Waals surface area (Å²) < 4.78 is 28.5. The van der Waals surface area contributed by atoms with E-state index in [9.17, 15) is 18.6 Å². The van der Waals surface area contributed by atoms with E-state index >= 15 is 0 Å². The van der Waals surface area contributed by atoms with Gasteiger partial charge in [-0.05, 0) is 30.5 Å². The summed E-state index contributed by atoms with van der Waals surface area (Å²) in [6.45, 7) is 1.91. The number of fused-ring (bicyclic) bond motifs is 2. The number of benzene rings is 1. The first-order valence-corrected chi connectivity index (χ1v) is 13.0. The predicted octanol–water partition coefficient (Wildman–Crippen LogP) is 1.18. The second kappa shape index (κ2) is 8.53. The van der Waals surface area contributed by atoms with Gasteiger partial charge in [0, 0.05) is 33.9 Å². The third-order valence-corrected chi connectivity index (χ3v) is 7.84. The lowest BCUT2D eigenvalue weighted by Crippen LogP contribution is -2.36. The quantitative estimate of drug-likeness (QED) is 0.398. The molecule has 5 atom stereocenters. The molecule has 10 nitrogen and oxygen atoms in total. The zero-order chi connectivity index (χ0) is 23.3. The van der Waals surface area contributed by atoms with Crippen LogP contribution in [0, 0.1) is 5.92 Å². The van der Waals surface area contributed by atoms with Gasteiger partial charge in [-0.2, -0.15) is 18.0 Å². The van der Waals surface area contributed by atoms with Crippen LogP contribution < -0.4 is 10.5 Å². The summed E-state index contributed by atoms with van der Waals surface area (Å²) in [5.74, 6) is 0.0126. The number of hydrogen-bond acceptors (Lipinski definition) is 9. The minimum absolute atomic E-state index is 0.289. The zero-order valence-corrected chi connectivity index (χ0v) is 19.5. The number of anilines is 1. The highest BCUT2D eigenvalue weighted by atomic mass is 32.2. The van der Waals surface area contributed by atoms with Crippen LogP contribution in [0.4, 0.5) is 5.82 Å². The molecule has 5 unspecified atom stereocenters. The van der Waals surface area contributed by atoms with Crippen molar-refractivity contribution in [1.82, 2.24) is 14.6 Å². The third-order valence-electron chi connectivity index (χ3n) is 6.17. The third kappa shape index (κ3) is 4.46. The highest BCUT2D eigenvalue weighted by Gasteiger charge is 2.42. The Morgan fingerprint density at radius 2 is 2.12 bits per heavy atom. The summed E-state index contributed by atoms with van der Waals surface area (Å²) in [5.41, 5.74) is 3.83. The van der Waals surface area contributed by atoms with Gasteiger partial charge in [-0.1, -0.05) is 19.1 Å². The average molecular weight is 492 g/mol. The van der Waals surface area contributed by atoms with E-state index in [0.29, 0.717) is 16.7 Å². The Bertz CT molecular complexity index is 1300. The Kier molecular flexibility index (Phi) is 5.83. The molecule has 3 heterocycles. The van der Waals surface area contributed by atoms with Gasteiger partial charge in [0.05, 0.1) is 24.4 Å². The number of aromatic nitrogens is 3. The van der Waals surface area contributed by atoms with Gasteiger partial charge in [0.25, 0.3) is 0 Å². The first-order chi connectivity index (χ1) is 15.7. The van der Waals surface area contributed by atoms with Crippen LogP contribution in [-0.2, 0) is 20.9 Å². The smallest absolute Gasteiger partial charge is 0.333 e. The van der Waals surface area contributed by atoms with Crippen molar-refractivity contribution in [3.05, 3.63) is 42.1 Å². The maximum atomic E-state index is 11.1. The molecule has 0 saturated heterocycles. The molecular weight excluding hydrogens is 466 g/mol. The Balaban J connectivity index is 1.41. The summed E-state index contributed by atoms with van der Waals surface area (Å²) in [6.07, 6.45) is 0.651. The van der Waals surface area contributed by atoms with Crippen molar-refractivity contribution < 1.29 is 22.8 Å². The van der Waals surface area contributed by atoms with Crippen molar-refractivity contribution >= 4 is 33.5 Å². The van der Waals surface area contributed by atoms with E-state index in [2.05, 4.69) is 33.5 Å². The molecule has 2 aliphatic rings. The second-order valence-corrected chi connectivity index (χ2v) is 11.3. The van der Waals surface area contributed by atoms with Crippen molar-refractivity contribution in [2.24, 2.45) is 11.1 Å². The summed E-state index contributed by atoms with van der Waals surface area (Å²) in [6, 6.07) is 9.37. The van der Waals surface area contributed by atoms with Gasteiger partial charge in [0.1, 0.15) is 11.9 Å². The number of nitrogens with two attached hydrogens (primary N) is 1. The standard InChI is InChI=1S/C21H25N5O5S2/c1-11-7-14-13(3-2-4-17(14)32-11)15-9-19-23-6-5-18(26(19)25-15)24-16-8-12(20(27)21(16)28)10-31-33(22,29)30/h2-6,9,11-12,16,20-21,24,27-28H,7-8,10H2,1H3,(H2,22,29,30). The van der Waals surface area contributed by atoms with Gasteiger partial charge in [-0.25, -0.2) is 10.1 Å². The topological polar surface area (TPSA) is 152 Å². The van der Waals surface area contributed by atoms with E-state index < -0.39 is 34.5 Å². The monoisotopic (exact) mass is 491 g/mol. The molecule has 0 spiro atoms. The Labute approximate surface area is 195 Å². The summed E-state index contributed by atoms with van der Waals surface area (Å²) in [5, 5.41) is 34.2. The minimum Gasteiger partial charge on any atom is -0.390 e. The minimum atomic E-state index is -4.13. The molecule has 5 N–H and O–H groups in total. The molecule has 1 saturated carbocycles. The Hall–Kier alpha value is -2.22. The molecule has 3 aromatic rings. The lowest BCUT2D eigenvalue weighted by molar-refractivity contribution is 0.00777. The first kappa shape index (κ1) is 22.6. The van der Waals surface area contributed by atoms with E-state index in [-0.39, 0.29) is 13.0 Å². The van der Waals surface area contributed by atoms with Crippen LogP contribution in [0.1, 0.15) is 18.9 Å². The predicted molar refractivity (Wildman–Crippen MR) is 124 cm³/mol. The molecule has 1 fully saturated rings. The molecule has 1 aliphatic heterocycles. The van der Waals surface area contributed by atoms with Crippen molar-refractivity contribution in [3.63, 3.8) is 0 Å². The number of hydrogen-bond donors (Lipinski definition) is 4. The number of rotatable bonds is 6. The Morgan fingerprint density at radius 1 is 1.30 bits per heavy atom. The van der Waals surface area contributed by atoms with Gasteiger partial charge in [0.2, 0.25) is 0 Å². The molecule has 1 aliphatic carbocycles. The molecule has 0 radical (unpaired) electrons. The van der Waals surface area contributed by atoms with Gasteiger partial charge >= 0.3 is 10.3 Å². The summed E-state index contributed by atoms with van der Waals surface area (Å²) >= 11 is 1.87. The SMILES string of the molecule is CC1Cc2c(cccc2-c2cc3nccc(NC4CC(COS(N)(=O)=O)C(O)C4O)n3n2)S1. The molecular formula is C21H25N5O5S2. The fourth-order valence-electron chi connectivity index (χ4n) is 4.61. The number of thioether (sulfide) groups is 1. The highest BCUT2D eigenvalue weighted by molar-refractivity contribution is 8.00. The molecule has 176 valence electrons. The molecule has 33 heavy (non-hydrogen) atoms. The zero-order valence-electron chi connectivity index (χ0n) is 17.8. The highest BCUT2D eigenvalue weighted by Crippen LogP contribution is 2.41. The van der Waals surface area contributed by atoms with Crippen molar-refractivity contribution in [1.29, 1.82) is 0 Å². The number of nitrogens with zero attached hydrogens (tertiary/aromatic N) is 3. The van der Waals surface area contributed by atoms with Gasteiger partial charge < -0.3 is 15.5 Å². The van der Waals surface area contributed by atoms with Gasteiger partial charge in [0.15, 0.2) is 5.65 Å². The molecule has 12 heteroatoms. The maximum Gasteiger partial charge on any atom is 0.333 e. The van der Waals surface area contributed by atoms with E-state index in [1.165, 1.54) is 10.5 Å². The van der Waals surface area contributed by atoms with Crippen LogP contribution in [0.3, 0.4) is 0 Å². The number of nitrogens with one attached hydrogen (secondary N) is 1. The van der Waals surface area contributed by atoms with E-state index in [1.807, 2.05) is 23.9 Å². The lowest BCUT2D eigenvalue weighted by Gasteiger charge is -2.19. The van der Waals surface area contributed by atoms with Crippen LogP contribution in [0.5, 0.6) is 0 Å². The molecule has 5 rings (SSSR count). The molecule has 1 aromatic carbocycles. The van der Waals surface area contributed by atoms with Crippen LogP contribution in [0.2, 0.25) is 0 Å². The van der Waals surface area contributed by atoms with Gasteiger partial charge in [-0.15, -0.1) is 11.8 Å². The van der Waals surface area contributed by atoms with Crippen molar-refractivity contribution in [3.8, 4) is 11.3 Å². The van der Waals surface area contributed by atoms with Crippen LogP contribution in [-0.4, -0.2) is 63.3 Å². The second-order valence-electron chi connectivity index (χ2n) is 8.55. The van der Waals surface area contributed by atoms with E-state index in [4.69, 9.17) is 10.2 Å². The maximum absolute atomic E-state index is 11.1.